The summed E-state index contributed by atoms with van der Waals surface area (Å²) < 4.78 is 5.79. The number of rotatable bonds is 3. The van der Waals surface area contributed by atoms with Crippen LogP contribution in [0.15, 0.2) is 0 Å². The smallest absolute Gasteiger partial charge is 0.0704 e. The van der Waals surface area contributed by atoms with Gasteiger partial charge in [-0.25, -0.2) is 0 Å². The summed E-state index contributed by atoms with van der Waals surface area (Å²) in [4.78, 5) is 0. The SMILES string of the molecule is CC1CCC(CNC2CSCC2C)O1. The van der Waals surface area contributed by atoms with Crippen molar-refractivity contribution in [3.63, 3.8) is 0 Å². The van der Waals surface area contributed by atoms with Gasteiger partial charge in [0.25, 0.3) is 0 Å². The van der Waals surface area contributed by atoms with Gasteiger partial charge in [-0.15, -0.1) is 0 Å². The van der Waals surface area contributed by atoms with E-state index in [0.29, 0.717) is 12.2 Å². The largest absolute Gasteiger partial charge is 0.374 e. The first kappa shape index (κ1) is 10.8. The van der Waals surface area contributed by atoms with Crippen molar-refractivity contribution in [3.05, 3.63) is 0 Å². The van der Waals surface area contributed by atoms with Crippen molar-refractivity contribution in [1.82, 2.24) is 5.32 Å². The van der Waals surface area contributed by atoms with Gasteiger partial charge in [0, 0.05) is 18.3 Å². The molecule has 2 aliphatic rings. The Hall–Kier alpha value is 0.270. The zero-order chi connectivity index (χ0) is 9.97. The topological polar surface area (TPSA) is 21.3 Å². The predicted molar refractivity (Wildman–Crippen MR) is 61.8 cm³/mol. The monoisotopic (exact) mass is 215 g/mol. The fourth-order valence-electron chi connectivity index (χ4n) is 2.24. The maximum Gasteiger partial charge on any atom is 0.0704 e. The predicted octanol–water partition coefficient (Wildman–Crippen LogP) is 1.89. The van der Waals surface area contributed by atoms with E-state index in [-0.39, 0.29) is 0 Å². The molecule has 2 saturated heterocycles. The van der Waals surface area contributed by atoms with Crippen LogP contribution in [0.3, 0.4) is 0 Å². The number of hydrogen-bond donors (Lipinski definition) is 1. The van der Waals surface area contributed by atoms with Gasteiger partial charge >= 0.3 is 0 Å². The average Bonchev–Trinajstić information content (AvgIpc) is 2.72. The third-order valence-electron chi connectivity index (χ3n) is 3.29. The van der Waals surface area contributed by atoms with Gasteiger partial charge in [-0.05, 0) is 31.4 Å². The van der Waals surface area contributed by atoms with Crippen molar-refractivity contribution in [2.45, 2.75) is 44.9 Å². The summed E-state index contributed by atoms with van der Waals surface area (Å²) in [6, 6.07) is 0.722. The first-order chi connectivity index (χ1) is 6.75. The molecule has 2 heterocycles. The zero-order valence-corrected chi connectivity index (χ0v) is 9.98. The zero-order valence-electron chi connectivity index (χ0n) is 9.16. The van der Waals surface area contributed by atoms with Crippen LogP contribution >= 0.6 is 11.8 Å². The number of nitrogens with one attached hydrogen (secondary N) is 1. The van der Waals surface area contributed by atoms with Gasteiger partial charge in [0.05, 0.1) is 12.2 Å². The third kappa shape index (κ3) is 2.65. The number of ether oxygens (including phenoxy) is 1. The minimum Gasteiger partial charge on any atom is -0.374 e. The molecule has 0 aliphatic carbocycles. The molecule has 4 atom stereocenters. The normalized spacial score (nSPS) is 43.3. The molecule has 0 aromatic heterocycles. The molecule has 14 heavy (non-hydrogen) atoms. The van der Waals surface area contributed by atoms with Crippen molar-refractivity contribution in [2.75, 3.05) is 18.1 Å². The molecular weight excluding hydrogens is 194 g/mol. The minimum absolute atomic E-state index is 0.475. The maximum atomic E-state index is 5.79. The molecule has 0 radical (unpaired) electrons. The molecule has 3 heteroatoms. The summed E-state index contributed by atoms with van der Waals surface area (Å²) in [7, 11) is 0. The van der Waals surface area contributed by atoms with Gasteiger partial charge in [-0.2, -0.15) is 11.8 Å². The summed E-state index contributed by atoms with van der Waals surface area (Å²) in [5.74, 6) is 3.43. The van der Waals surface area contributed by atoms with Gasteiger partial charge in [-0.3, -0.25) is 0 Å². The van der Waals surface area contributed by atoms with E-state index >= 15 is 0 Å². The van der Waals surface area contributed by atoms with Crippen molar-refractivity contribution < 1.29 is 4.74 Å². The van der Waals surface area contributed by atoms with Crippen molar-refractivity contribution in [2.24, 2.45) is 5.92 Å². The Labute approximate surface area is 91.2 Å². The van der Waals surface area contributed by atoms with Crippen LogP contribution in [0, 0.1) is 5.92 Å². The molecule has 2 fully saturated rings. The van der Waals surface area contributed by atoms with Crippen LogP contribution in [-0.4, -0.2) is 36.3 Å². The van der Waals surface area contributed by atoms with E-state index in [2.05, 4.69) is 30.9 Å². The van der Waals surface area contributed by atoms with Crippen LogP contribution in [0.5, 0.6) is 0 Å². The molecule has 0 saturated carbocycles. The van der Waals surface area contributed by atoms with Gasteiger partial charge in [-0.1, -0.05) is 6.92 Å². The highest BCUT2D eigenvalue weighted by atomic mass is 32.2. The summed E-state index contributed by atoms with van der Waals surface area (Å²) in [6.45, 7) is 5.57. The highest BCUT2D eigenvalue weighted by Gasteiger charge is 2.26. The molecule has 82 valence electrons. The van der Waals surface area contributed by atoms with Gasteiger partial charge in [0.2, 0.25) is 0 Å². The van der Waals surface area contributed by atoms with E-state index in [0.717, 1.165) is 18.5 Å². The molecule has 0 spiro atoms. The second kappa shape index (κ2) is 4.86. The lowest BCUT2D eigenvalue weighted by atomic mass is 10.1. The molecule has 0 bridgehead atoms. The van der Waals surface area contributed by atoms with Crippen molar-refractivity contribution in [3.8, 4) is 0 Å². The van der Waals surface area contributed by atoms with Crippen LogP contribution < -0.4 is 5.32 Å². The molecule has 1 N–H and O–H groups in total. The first-order valence-electron chi connectivity index (χ1n) is 5.72. The second-order valence-electron chi connectivity index (χ2n) is 4.68. The van der Waals surface area contributed by atoms with Gasteiger partial charge < -0.3 is 10.1 Å². The Morgan fingerprint density at radius 2 is 2.14 bits per heavy atom. The highest BCUT2D eigenvalue weighted by Crippen LogP contribution is 2.24. The summed E-state index contributed by atoms with van der Waals surface area (Å²) >= 11 is 2.07. The summed E-state index contributed by atoms with van der Waals surface area (Å²) in [5, 5.41) is 3.65. The van der Waals surface area contributed by atoms with Crippen LogP contribution in [0.2, 0.25) is 0 Å². The Bertz CT molecular complexity index is 188. The van der Waals surface area contributed by atoms with Crippen LogP contribution in [0.4, 0.5) is 0 Å². The van der Waals surface area contributed by atoms with Crippen molar-refractivity contribution in [1.29, 1.82) is 0 Å². The van der Waals surface area contributed by atoms with E-state index in [9.17, 15) is 0 Å². The Morgan fingerprint density at radius 1 is 1.29 bits per heavy atom. The fraction of sp³-hybridized carbons (Fsp3) is 1.00. The van der Waals surface area contributed by atoms with E-state index in [1.165, 1.54) is 24.3 Å². The number of hydrogen-bond acceptors (Lipinski definition) is 3. The number of thioether (sulfide) groups is 1. The first-order valence-corrected chi connectivity index (χ1v) is 6.87. The second-order valence-corrected chi connectivity index (χ2v) is 5.75. The lowest BCUT2D eigenvalue weighted by Gasteiger charge is -2.19. The fourth-order valence-corrected chi connectivity index (χ4v) is 3.68. The van der Waals surface area contributed by atoms with Gasteiger partial charge in [0.1, 0.15) is 0 Å². The van der Waals surface area contributed by atoms with E-state index in [4.69, 9.17) is 4.74 Å². The highest BCUT2D eigenvalue weighted by molar-refractivity contribution is 7.99. The summed E-state index contributed by atoms with van der Waals surface area (Å²) in [6.07, 6.45) is 3.43. The van der Waals surface area contributed by atoms with Crippen LogP contribution in [0.25, 0.3) is 0 Å². The molecule has 0 amide bonds. The Balaban J connectivity index is 1.67. The lowest BCUT2D eigenvalue weighted by Crippen LogP contribution is -2.39. The molecule has 2 aliphatic heterocycles. The average molecular weight is 215 g/mol. The van der Waals surface area contributed by atoms with Crippen LogP contribution in [0.1, 0.15) is 26.7 Å². The van der Waals surface area contributed by atoms with E-state index in [1.54, 1.807) is 0 Å². The minimum atomic E-state index is 0.475. The van der Waals surface area contributed by atoms with E-state index in [1.807, 2.05) is 0 Å². The third-order valence-corrected chi connectivity index (χ3v) is 4.65. The van der Waals surface area contributed by atoms with Crippen molar-refractivity contribution >= 4 is 11.8 Å². The van der Waals surface area contributed by atoms with E-state index < -0.39 is 0 Å². The summed E-state index contributed by atoms with van der Waals surface area (Å²) in [5.41, 5.74) is 0. The molecule has 2 rings (SSSR count). The maximum absolute atomic E-state index is 5.79. The quantitative estimate of drug-likeness (QED) is 0.777. The Morgan fingerprint density at radius 3 is 2.71 bits per heavy atom. The van der Waals surface area contributed by atoms with Gasteiger partial charge in [0.15, 0.2) is 0 Å². The molecule has 0 aromatic carbocycles. The lowest BCUT2D eigenvalue weighted by molar-refractivity contribution is 0.0541. The molecule has 2 nitrogen and oxygen atoms in total. The Kier molecular flexibility index (Phi) is 3.74. The molecule has 0 aromatic rings. The molecular formula is C11H21NOS. The standard InChI is InChI=1S/C11H21NOS/c1-8-6-14-7-11(8)12-5-10-4-3-9(2)13-10/h8-12H,3-7H2,1-2H3. The van der Waals surface area contributed by atoms with Crippen LogP contribution in [-0.2, 0) is 4.74 Å². The molecule has 4 unspecified atom stereocenters.